The molecule has 1 saturated carbocycles. The van der Waals surface area contributed by atoms with Gasteiger partial charge in [-0.05, 0) is 37.5 Å². The van der Waals surface area contributed by atoms with E-state index in [0.29, 0.717) is 6.54 Å². The minimum Gasteiger partial charge on any atom is -0.350 e. The fourth-order valence-electron chi connectivity index (χ4n) is 2.00. The highest BCUT2D eigenvalue weighted by molar-refractivity contribution is 5.94. The molecule has 20 heavy (non-hydrogen) atoms. The summed E-state index contributed by atoms with van der Waals surface area (Å²) in [6.07, 6.45) is -1.76. The van der Waals surface area contributed by atoms with Gasteiger partial charge < -0.3 is 11.1 Å². The third-order valence-electron chi connectivity index (χ3n) is 3.40. The molecule has 0 saturated heterocycles. The van der Waals surface area contributed by atoms with Crippen LogP contribution in [0, 0.1) is 0 Å². The van der Waals surface area contributed by atoms with Gasteiger partial charge in [0.2, 0.25) is 0 Å². The molecule has 3 N–H and O–H groups in total. The Hall–Kier alpha value is -1.27. The number of halogens is 4. The van der Waals surface area contributed by atoms with Crippen LogP contribution in [0.1, 0.15) is 35.2 Å². The van der Waals surface area contributed by atoms with Crippen molar-refractivity contribution in [2.24, 2.45) is 5.73 Å². The van der Waals surface area contributed by atoms with E-state index in [1.165, 1.54) is 12.1 Å². The Morgan fingerprint density at radius 2 is 2.00 bits per heavy atom. The molecule has 1 aromatic rings. The molecule has 3 nitrogen and oxygen atoms in total. The number of nitrogens with two attached hydrogens (primary N) is 1. The summed E-state index contributed by atoms with van der Waals surface area (Å²) in [7, 11) is 0. The molecule has 1 aliphatic carbocycles. The Bertz CT molecular complexity index is 487. The van der Waals surface area contributed by atoms with Gasteiger partial charge in [-0.15, -0.1) is 12.4 Å². The van der Waals surface area contributed by atoms with Gasteiger partial charge in [0.05, 0.1) is 5.56 Å². The van der Waals surface area contributed by atoms with Crippen LogP contribution in [0.25, 0.3) is 0 Å². The average Bonchev–Trinajstić information content (AvgIpc) is 2.33. The van der Waals surface area contributed by atoms with Crippen LogP contribution in [0.3, 0.4) is 0 Å². The second kappa shape index (κ2) is 6.01. The van der Waals surface area contributed by atoms with Gasteiger partial charge in [0.25, 0.3) is 5.91 Å². The number of benzene rings is 1. The van der Waals surface area contributed by atoms with Gasteiger partial charge in [0.15, 0.2) is 0 Å². The topological polar surface area (TPSA) is 55.1 Å². The molecule has 0 aliphatic heterocycles. The maximum atomic E-state index is 12.5. The summed E-state index contributed by atoms with van der Waals surface area (Å²) < 4.78 is 37.6. The van der Waals surface area contributed by atoms with Crippen LogP contribution < -0.4 is 11.1 Å². The maximum Gasteiger partial charge on any atom is 0.416 e. The standard InChI is InChI=1S/C13H15F3N2O.ClH/c14-13(15,16)10-4-1-3-9(7-10)11(19)18-8-12(17)5-2-6-12;/h1,3-4,7H,2,5-6,8,17H2,(H,18,19);1H. The van der Waals surface area contributed by atoms with Crippen molar-refractivity contribution in [2.75, 3.05) is 6.54 Å². The first-order valence-electron chi connectivity index (χ1n) is 6.05. The fourth-order valence-corrected chi connectivity index (χ4v) is 2.00. The molecule has 0 radical (unpaired) electrons. The minimum absolute atomic E-state index is 0. The summed E-state index contributed by atoms with van der Waals surface area (Å²) in [5, 5.41) is 2.59. The van der Waals surface area contributed by atoms with E-state index in [0.717, 1.165) is 31.4 Å². The van der Waals surface area contributed by atoms with Gasteiger partial charge in [0, 0.05) is 17.6 Å². The number of rotatable bonds is 3. The van der Waals surface area contributed by atoms with Gasteiger partial charge in [-0.25, -0.2) is 0 Å². The normalized spacial score (nSPS) is 16.8. The van der Waals surface area contributed by atoms with E-state index < -0.39 is 23.2 Å². The Morgan fingerprint density at radius 1 is 1.35 bits per heavy atom. The van der Waals surface area contributed by atoms with Crippen molar-refractivity contribution in [2.45, 2.75) is 31.0 Å². The highest BCUT2D eigenvalue weighted by Crippen LogP contribution is 2.30. The monoisotopic (exact) mass is 308 g/mol. The highest BCUT2D eigenvalue weighted by Gasteiger charge is 2.33. The van der Waals surface area contributed by atoms with Crippen LogP contribution >= 0.6 is 12.4 Å². The van der Waals surface area contributed by atoms with Gasteiger partial charge in [-0.2, -0.15) is 13.2 Å². The third-order valence-corrected chi connectivity index (χ3v) is 3.40. The van der Waals surface area contributed by atoms with Gasteiger partial charge in [-0.3, -0.25) is 4.79 Å². The SMILES string of the molecule is Cl.NC1(CNC(=O)c2cccc(C(F)(F)F)c2)CCC1. The number of hydrogen-bond donors (Lipinski definition) is 2. The molecule has 1 aliphatic rings. The number of alkyl halides is 3. The summed E-state index contributed by atoms with van der Waals surface area (Å²) in [6, 6.07) is 4.36. The van der Waals surface area contributed by atoms with E-state index >= 15 is 0 Å². The lowest BCUT2D eigenvalue weighted by Crippen LogP contribution is -2.54. The Labute approximate surface area is 121 Å². The van der Waals surface area contributed by atoms with E-state index in [-0.39, 0.29) is 18.0 Å². The van der Waals surface area contributed by atoms with Crippen molar-refractivity contribution in [1.29, 1.82) is 0 Å². The molecule has 0 spiro atoms. The van der Waals surface area contributed by atoms with E-state index in [2.05, 4.69) is 5.32 Å². The smallest absolute Gasteiger partial charge is 0.350 e. The van der Waals surface area contributed by atoms with Gasteiger partial charge in [-0.1, -0.05) is 6.07 Å². The molecule has 0 aromatic heterocycles. The number of nitrogens with one attached hydrogen (secondary N) is 1. The predicted molar refractivity (Wildman–Crippen MR) is 71.8 cm³/mol. The summed E-state index contributed by atoms with van der Waals surface area (Å²) in [6.45, 7) is 0.294. The fraction of sp³-hybridized carbons (Fsp3) is 0.462. The average molecular weight is 309 g/mol. The molecule has 1 amide bonds. The predicted octanol–water partition coefficient (Wildman–Crippen LogP) is 2.74. The summed E-state index contributed by atoms with van der Waals surface area (Å²) in [5.74, 6) is -0.525. The van der Waals surface area contributed by atoms with Crippen molar-refractivity contribution in [3.05, 3.63) is 35.4 Å². The van der Waals surface area contributed by atoms with Crippen LogP contribution in [-0.4, -0.2) is 18.0 Å². The number of hydrogen-bond acceptors (Lipinski definition) is 2. The van der Waals surface area contributed by atoms with Crippen LogP contribution in [0.4, 0.5) is 13.2 Å². The van der Waals surface area contributed by atoms with Crippen molar-refractivity contribution >= 4 is 18.3 Å². The van der Waals surface area contributed by atoms with E-state index in [1.807, 2.05) is 0 Å². The molecule has 0 bridgehead atoms. The first-order chi connectivity index (χ1) is 8.80. The van der Waals surface area contributed by atoms with Crippen LogP contribution in [0.15, 0.2) is 24.3 Å². The van der Waals surface area contributed by atoms with Crippen molar-refractivity contribution in [3.63, 3.8) is 0 Å². The molecule has 7 heteroatoms. The number of carbonyl (C=O) groups excluding carboxylic acids is 1. The first kappa shape index (κ1) is 16.8. The van der Waals surface area contributed by atoms with Crippen molar-refractivity contribution in [3.8, 4) is 0 Å². The molecular formula is C13H16ClF3N2O. The zero-order chi connectivity index (χ0) is 14.1. The second-order valence-corrected chi connectivity index (χ2v) is 4.98. The number of carbonyl (C=O) groups is 1. The summed E-state index contributed by atoms with van der Waals surface area (Å²) in [4.78, 5) is 11.8. The molecule has 112 valence electrons. The Kier molecular flexibility index (Phi) is 5.05. The molecule has 0 atom stereocenters. The summed E-state index contributed by atoms with van der Waals surface area (Å²) in [5.41, 5.74) is 4.71. The Balaban J connectivity index is 0.00000200. The second-order valence-electron chi connectivity index (χ2n) is 4.98. The van der Waals surface area contributed by atoms with Crippen molar-refractivity contribution in [1.82, 2.24) is 5.32 Å². The molecule has 1 fully saturated rings. The lowest BCUT2D eigenvalue weighted by Gasteiger charge is -2.38. The number of amides is 1. The maximum absolute atomic E-state index is 12.5. The van der Waals surface area contributed by atoms with Crippen LogP contribution in [-0.2, 0) is 6.18 Å². The van der Waals surface area contributed by atoms with Crippen LogP contribution in [0.5, 0.6) is 0 Å². The molecule has 2 rings (SSSR count). The van der Waals surface area contributed by atoms with Gasteiger partial charge in [0.1, 0.15) is 0 Å². The van der Waals surface area contributed by atoms with E-state index in [1.54, 1.807) is 0 Å². The van der Waals surface area contributed by atoms with Crippen LogP contribution in [0.2, 0.25) is 0 Å². The first-order valence-corrected chi connectivity index (χ1v) is 6.05. The minimum atomic E-state index is -4.45. The van der Waals surface area contributed by atoms with Gasteiger partial charge >= 0.3 is 6.18 Å². The van der Waals surface area contributed by atoms with E-state index in [4.69, 9.17) is 5.73 Å². The highest BCUT2D eigenvalue weighted by atomic mass is 35.5. The molecule has 0 heterocycles. The van der Waals surface area contributed by atoms with E-state index in [9.17, 15) is 18.0 Å². The summed E-state index contributed by atoms with van der Waals surface area (Å²) >= 11 is 0. The third kappa shape index (κ3) is 3.86. The molecule has 1 aromatic carbocycles. The Morgan fingerprint density at radius 3 is 2.50 bits per heavy atom. The lowest BCUT2D eigenvalue weighted by molar-refractivity contribution is -0.137. The zero-order valence-electron chi connectivity index (χ0n) is 10.7. The lowest BCUT2D eigenvalue weighted by atomic mass is 9.78. The molecule has 0 unspecified atom stereocenters. The quantitative estimate of drug-likeness (QED) is 0.902. The van der Waals surface area contributed by atoms with Crippen molar-refractivity contribution < 1.29 is 18.0 Å². The largest absolute Gasteiger partial charge is 0.416 e. The molecular weight excluding hydrogens is 293 g/mol. The zero-order valence-corrected chi connectivity index (χ0v) is 11.5.